The molecule has 1 aromatic carbocycles. The molecule has 0 aliphatic heterocycles. The number of aromatic nitrogens is 1. The van der Waals surface area contributed by atoms with E-state index in [0.717, 1.165) is 5.69 Å². The number of aryl methyl sites for hydroxylation is 1. The van der Waals surface area contributed by atoms with Gasteiger partial charge >= 0.3 is 0 Å². The van der Waals surface area contributed by atoms with Crippen molar-refractivity contribution in [2.24, 2.45) is 0 Å². The zero-order valence-electron chi connectivity index (χ0n) is 9.64. The van der Waals surface area contributed by atoms with Crippen LogP contribution in [0.5, 0.6) is 5.75 Å². The van der Waals surface area contributed by atoms with Crippen LogP contribution in [0, 0.1) is 10.5 Å². The van der Waals surface area contributed by atoms with Crippen LogP contribution in [-0.2, 0) is 0 Å². The van der Waals surface area contributed by atoms with Gasteiger partial charge in [0.2, 0.25) is 0 Å². The second-order valence-electron chi connectivity index (χ2n) is 3.78. The van der Waals surface area contributed by atoms with E-state index < -0.39 is 0 Å². The maximum atomic E-state index is 11.9. The number of carbonyl (C=O) groups excluding carboxylic acids is 1. The number of halogens is 1. The monoisotopic (exact) mass is 354 g/mol. The SMILES string of the molecule is Cc1cccc(NC(=O)c2ccc(I)c(O)c2)n1. The molecule has 0 fully saturated rings. The Kier molecular flexibility index (Phi) is 3.81. The summed E-state index contributed by atoms with van der Waals surface area (Å²) in [5.74, 6) is 0.304. The summed E-state index contributed by atoms with van der Waals surface area (Å²) in [5.41, 5.74) is 1.23. The zero-order valence-corrected chi connectivity index (χ0v) is 11.8. The highest BCUT2D eigenvalue weighted by molar-refractivity contribution is 14.1. The molecule has 0 bridgehead atoms. The van der Waals surface area contributed by atoms with Gasteiger partial charge < -0.3 is 10.4 Å². The van der Waals surface area contributed by atoms with Crippen molar-refractivity contribution in [1.29, 1.82) is 0 Å². The van der Waals surface area contributed by atoms with Crippen LogP contribution >= 0.6 is 22.6 Å². The van der Waals surface area contributed by atoms with Gasteiger partial charge in [0.1, 0.15) is 11.6 Å². The molecule has 4 nitrogen and oxygen atoms in total. The topological polar surface area (TPSA) is 62.2 Å². The highest BCUT2D eigenvalue weighted by atomic mass is 127. The second kappa shape index (κ2) is 5.34. The summed E-state index contributed by atoms with van der Waals surface area (Å²) >= 11 is 2.00. The number of phenols is 1. The van der Waals surface area contributed by atoms with Crippen LogP contribution in [0.3, 0.4) is 0 Å². The highest BCUT2D eigenvalue weighted by Crippen LogP contribution is 2.21. The van der Waals surface area contributed by atoms with Crippen molar-refractivity contribution >= 4 is 34.3 Å². The molecule has 1 amide bonds. The van der Waals surface area contributed by atoms with Crippen molar-refractivity contribution in [1.82, 2.24) is 4.98 Å². The second-order valence-corrected chi connectivity index (χ2v) is 4.95. The van der Waals surface area contributed by atoms with Gasteiger partial charge in [-0.15, -0.1) is 0 Å². The van der Waals surface area contributed by atoms with E-state index in [9.17, 15) is 9.90 Å². The van der Waals surface area contributed by atoms with E-state index in [1.807, 2.05) is 41.6 Å². The highest BCUT2D eigenvalue weighted by Gasteiger charge is 2.09. The molecule has 2 rings (SSSR count). The number of aromatic hydroxyl groups is 1. The summed E-state index contributed by atoms with van der Waals surface area (Å²) < 4.78 is 0.706. The van der Waals surface area contributed by atoms with Crippen LogP contribution in [0.25, 0.3) is 0 Å². The fourth-order valence-corrected chi connectivity index (χ4v) is 1.79. The Morgan fingerprint density at radius 1 is 1.33 bits per heavy atom. The molecular formula is C13H11IN2O2. The molecule has 92 valence electrons. The molecule has 2 N–H and O–H groups in total. The number of amides is 1. The first-order valence-electron chi connectivity index (χ1n) is 5.30. The Bertz CT molecular complexity index is 599. The van der Waals surface area contributed by atoms with E-state index in [2.05, 4.69) is 10.3 Å². The van der Waals surface area contributed by atoms with Crippen molar-refractivity contribution in [2.75, 3.05) is 5.32 Å². The molecule has 1 aromatic heterocycles. The van der Waals surface area contributed by atoms with Gasteiger partial charge in [-0.25, -0.2) is 4.98 Å². The summed E-state index contributed by atoms with van der Waals surface area (Å²) in [6.07, 6.45) is 0. The van der Waals surface area contributed by atoms with Gasteiger partial charge in [0.15, 0.2) is 0 Å². The van der Waals surface area contributed by atoms with Gasteiger partial charge in [-0.05, 0) is 59.8 Å². The van der Waals surface area contributed by atoms with E-state index >= 15 is 0 Å². The number of benzene rings is 1. The minimum absolute atomic E-state index is 0.0976. The number of nitrogens with one attached hydrogen (secondary N) is 1. The number of hydrogen-bond acceptors (Lipinski definition) is 3. The number of hydrogen-bond donors (Lipinski definition) is 2. The number of carbonyl (C=O) groups is 1. The predicted octanol–water partition coefficient (Wildman–Crippen LogP) is 2.95. The number of anilines is 1. The van der Waals surface area contributed by atoms with Gasteiger partial charge in [-0.2, -0.15) is 0 Å². The standard InChI is InChI=1S/C13H11IN2O2/c1-8-3-2-4-12(15-8)16-13(18)9-5-6-10(14)11(17)7-9/h2-7,17H,1H3,(H,15,16,18). The molecule has 0 aliphatic carbocycles. The molecule has 18 heavy (non-hydrogen) atoms. The molecule has 0 saturated carbocycles. The van der Waals surface area contributed by atoms with E-state index in [1.54, 1.807) is 18.2 Å². The van der Waals surface area contributed by atoms with E-state index in [0.29, 0.717) is 15.0 Å². The third kappa shape index (κ3) is 2.98. The molecule has 0 saturated heterocycles. The summed E-state index contributed by atoms with van der Waals surface area (Å²) in [4.78, 5) is 16.1. The van der Waals surface area contributed by atoms with Gasteiger partial charge in [0, 0.05) is 11.3 Å². The summed E-state index contributed by atoms with van der Waals surface area (Å²) in [7, 11) is 0. The Morgan fingerprint density at radius 3 is 2.78 bits per heavy atom. The maximum Gasteiger partial charge on any atom is 0.256 e. The molecule has 0 spiro atoms. The maximum absolute atomic E-state index is 11.9. The van der Waals surface area contributed by atoms with Crippen molar-refractivity contribution in [3.63, 3.8) is 0 Å². The Balaban J connectivity index is 2.19. The van der Waals surface area contributed by atoms with Crippen LogP contribution in [0.2, 0.25) is 0 Å². The quantitative estimate of drug-likeness (QED) is 0.816. The van der Waals surface area contributed by atoms with Gasteiger partial charge in [0.25, 0.3) is 5.91 Å². The average molecular weight is 354 g/mol. The third-order valence-electron chi connectivity index (χ3n) is 2.34. The number of rotatable bonds is 2. The van der Waals surface area contributed by atoms with E-state index in [4.69, 9.17) is 0 Å². The smallest absolute Gasteiger partial charge is 0.256 e. The lowest BCUT2D eigenvalue weighted by Crippen LogP contribution is -2.13. The zero-order chi connectivity index (χ0) is 13.1. The number of nitrogens with zero attached hydrogens (tertiary/aromatic N) is 1. The lowest BCUT2D eigenvalue weighted by molar-refractivity contribution is 0.102. The Hall–Kier alpha value is -1.63. The molecule has 1 heterocycles. The Morgan fingerprint density at radius 2 is 2.11 bits per heavy atom. The van der Waals surface area contributed by atoms with Crippen LogP contribution in [0.15, 0.2) is 36.4 Å². The van der Waals surface area contributed by atoms with E-state index in [-0.39, 0.29) is 11.7 Å². The summed E-state index contributed by atoms with van der Waals surface area (Å²) in [5, 5.41) is 12.2. The van der Waals surface area contributed by atoms with Crippen LogP contribution < -0.4 is 5.32 Å². The van der Waals surface area contributed by atoms with Gasteiger partial charge in [-0.1, -0.05) is 6.07 Å². The summed E-state index contributed by atoms with van der Waals surface area (Å²) in [6, 6.07) is 10.2. The minimum atomic E-state index is -0.292. The normalized spacial score (nSPS) is 10.1. The summed E-state index contributed by atoms with van der Waals surface area (Å²) in [6.45, 7) is 1.85. The third-order valence-corrected chi connectivity index (χ3v) is 3.25. The molecular weight excluding hydrogens is 343 g/mol. The average Bonchev–Trinajstić information content (AvgIpc) is 2.32. The van der Waals surface area contributed by atoms with Crippen molar-refractivity contribution in [2.45, 2.75) is 6.92 Å². The first kappa shape index (κ1) is 12.8. The van der Waals surface area contributed by atoms with Gasteiger partial charge in [-0.3, -0.25) is 4.79 Å². The molecule has 0 atom stereocenters. The molecule has 5 heteroatoms. The fourth-order valence-electron chi connectivity index (χ4n) is 1.46. The van der Waals surface area contributed by atoms with Crippen molar-refractivity contribution in [3.8, 4) is 5.75 Å². The van der Waals surface area contributed by atoms with Crippen LogP contribution in [-0.4, -0.2) is 16.0 Å². The minimum Gasteiger partial charge on any atom is -0.507 e. The molecule has 0 unspecified atom stereocenters. The van der Waals surface area contributed by atoms with Crippen LogP contribution in [0.1, 0.15) is 16.1 Å². The molecule has 2 aromatic rings. The van der Waals surface area contributed by atoms with Crippen LogP contribution in [0.4, 0.5) is 5.82 Å². The Labute approximate surface area is 118 Å². The lowest BCUT2D eigenvalue weighted by atomic mass is 10.2. The fraction of sp³-hybridized carbons (Fsp3) is 0.0769. The largest absolute Gasteiger partial charge is 0.507 e. The van der Waals surface area contributed by atoms with Gasteiger partial charge in [0.05, 0.1) is 3.57 Å². The number of phenolic OH excluding ortho intramolecular Hbond substituents is 1. The predicted molar refractivity (Wildman–Crippen MR) is 77.8 cm³/mol. The van der Waals surface area contributed by atoms with Crippen molar-refractivity contribution < 1.29 is 9.90 Å². The first-order valence-corrected chi connectivity index (χ1v) is 6.37. The lowest BCUT2D eigenvalue weighted by Gasteiger charge is -2.06. The van der Waals surface area contributed by atoms with E-state index in [1.165, 1.54) is 6.07 Å². The van der Waals surface area contributed by atoms with Crippen molar-refractivity contribution in [3.05, 3.63) is 51.2 Å². The molecule has 0 aliphatic rings. The molecule has 0 radical (unpaired) electrons. The number of pyridine rings is 1. The first-order chi connectivity index (χ1) is 8.56.